The summed E-state index contributed by atoms with van der Waals surface area (Å²) < 4.78 is 0. The molecule has 0 aromatic heterocycles. The summed E-state index contributed by atoms with van der Waals surface area (Å²) in [7, 11) is 0. The summed E-state index contributed by atoms with van der Waals surface area (Å²) >= 11 is 6.01. The second-order valence-electron chi connectivity index (χ2n) is 5.95. The van der Waals surface area contributed by atoms with Crippen LogP contribution < -0.4 is 0 Å². The number of nitrogens with zero attached hydrogens (tertiary/aromatic N) is 2. The third kappa shape index (κ3) is 3.74. The van der Waals surface area contributed by atoms with E-state index in [1.807, 2.05) is 0 Å². The van der Waals surface area contributed by atoms with E-state index in [0.29, 0.717) is 11.1 Å². The lowest BCUT2D eigenvalue weighted by atomic mass is 9.84. The second-order valence-corrected chi connectivity index (χ2v) is 6.36. The predicted octanol–water partition coefficient (Wildman–Crippen LogP) is 5.17. The van der Waals surface area contributed by atoms with Gasteiger partial charge in [-0.3, -0.25) is 25.0 Å². The van der Waals surface area contributed by atoms with Gasteiger partial charge in [-0.1, -0.05) is 72.3 Å². The molecular formula is C20H13ClN2O5. The topological polar surface area (TPSA) is 103 Å². The number of nitro benzene ring substituents is 2. The highest BCUT2D eigenvalue weighted by Crippen LogP contribution is 2.40. The van der Waals surface area contributed by atoms with E-state index in [4.69, 9.17) is 11.6 Å². The fraction of sp³-hybridized carbons (Fsp3) is 0.0500. The van der Waals surface area contributed by atoms with Crippen molar-refractivity contribution in [3.05, 3.63) is 115 Å². The van der Waals surface area contributed by atoms with Crippen LogP contribution in [0.15, 0.2) is 72.8 Å². The molecule has 140 valence electrons. The van der Waals surface area contributed by atoms with E-state index < -0.39 is 27.1 Å². The van der Waals surface area contributed by atoms with Crippen LogP contribution in [0.3, 0.4) is 0 Å². The molecule has 3 aromatic carbocycles. The van der Waals surface area contributed by atoms with Crippen LogP contribution in [0.5, 0.6) is 0 Å². The number of ketones is 1. The lowest BCUT2D eigenvalue weighted by Gasteiger charge is -2.17. The molecular weight excluding hydrogens is 384 g/mol. The van der Waals surface area contributed by atoms with E-state index in [-0.39, 0.29) is 16.4 Å². The van der Waals surface area contributed by atoms with Crippen molar-refractivity contribution in [3.63, 3.8) is 0 Å². The molecule has 0 saturated carbocycles. The van der Waals surface area contributed by atoms with Crippen molar-refractivity contribution in [2.45, 2.75) is 5.92 Å². The first-order valence-electron chi connectivity index (χ1n) is 8.16. The average molecular weight is 397 g/mol. The van der Waals surface area contributed by atoms with Gasteiger partial charge in [-0.25, -0.2) is 0 Å². The van der Waals surface area contributed by atoms with Crippen molar-refractivity contribution in [2.75, 3.05) is 0 Å². The first-order chi connectivity index (χ1) is 13.4. The van der Waals surface area contributed by atoms with E-state index in [1.54, 1.807) is 60.7 Å². The molecule has 28 heavy (non-hydrogen) atoms. The van der Waals surface area contributed by atoms with Gasteiger partial charge in [0.15, 0.2) is 5.78 Å². The maximum absolute atomic E-state index is 13.3. The van der Waals surface area contributed by atoms with Gasteiger partial charge >= 0.3 is 0 Å². The van der Waals surface area contributed by atoms with Gasteiger partial charge in [0.05, 0.1) is 21.8 Å². The number of rotatable bonds is 6. The Morgan fingerprint density at radius 3 is 1.89 bits per heavy atom. The first-order valence-corrected chi connectivity index (χ1v) is 8.54. The first kappa shape index (κ1) is 19.2. The van der Waals surface area contributed by atoms with Gasteiger partial charge in [-0.2, -0.15) is 0 Å². The summed E-state index contributed by atoms with van der Waals surface area (Å²) in [5.74, 6) is -1.41. The van der Waals surface area contributed by atoms with Crippen molar-refractivity contribution in [1.29, 1.82) is 0 Å². The molecule has 0 fully saturated rings. The molecule has 3 rings (SSSR count). The van der Waals surface area contributed by atoms with Crippen LogP contribution in [-0.2, 0) is 0 Å². The molecule has 0 spiro atoms. The van der Waals surface area contributed by atoms with Crippen LogP contribution in [0, 0.1) is 20.2 Å². The Labute approximate surface area is 164 Å². The molecule has 8 heteroatoms. The van der Waals surface area contributed by atoms with E-state index in [9.17, 15) is 25.0 Å². The number of carbonyl (C=O) groups is 1. The number of benzene rings is 3. The fourth-order valence-corrected chi connectivity index (χ4v) is 3.22. The highest BCUT2D eigenvalue weighted by molar-refractivity contribution is 6.32. The van der Waals surface area contributed by atoms with Gasteiger partial charge in [0, 0.05) is 11.1 Å². The standard InChI is InChI=1S/C20H13ClN2O5/c21-16-11-15(17(22(25)26)12-18(16)23(27)28)19(13-7-3-1-4-8-13)20(24)14-9-5-2-6-10-14/h1-12,19H/t19-/m0/s1. The van der Waals surface area contributed by atoms with Crippen molar-refractivity contribution in [1.82, 2.24) is 0 Å². The smallest absolute Gasteiger partial charge is 0.293 e. The summed E-state index contributed by atoms with van der Waals surface area (Å²) in [5.41, 5.74) is -0.240. The van der Waals surface area contributed by atoms with Crippen molar-refractivity contribution in [2.24, 2.45) is 0 Å². The molecule has 3 aromatic rings. The quantitative estimate of drug-likeness (QED) is 0.324. The Bertz CT molecular complexity index is 1050. The van der Waals surface area contributed by atoms with Gasteiger partial charge in [0.1, 0.15) is 5.02 Å². The second kappa shape index (κ2) is 7.98. The molecule has 0 N–H and O–H groups in total. The Morgan fingerprint density at radius 2 is 1.36 bits per heavy atom. The largest absolute Gasteiger partial charge is 0.294 e. The number of Topliss-reactive ketones (excluding diaryl/α,β-unsaturated/α-hetero) is 1. The van der Waals surface area contributed by atoms with Crippen LogP contribution in [0.1, 0.15) is 27.4 Å². The lowest BCUT2D eigenvalue weighted by Crippen LogP contribution is -2.16. The zero-order chi connectivity index (χ0) is 20.3. The lowest BCUT2D eigenvalue weighted by molar-refractivity contribution is -0.394. The minimum absolute atomic E-state index is 0.000605. The summed E-state index contributed by atoms with van der Waals surface area (Å²) in [5, 5.41) is 22.5. The summed E-state index contributed by atoms with van der Waals surface area (Å²) in [4.78, 5) is 34.5. The predicted molar refractivity (Wildman–Crippen MR) is 104 cm³/mol. The van der Waals surface area contributed by atoms with Crippen LogP contribution in [-0.4, -0.2) is 15.6 Å². The monoisotopic (exact) mass is 396 g/mol. The van der Waals surface area contributed by atoms with Gasteiger partial charge in [-0.15, -0.1) is 0 Å². The number of halogens is 1. The molecule has 0 aliphatic heterocycles. The third-order valence-corrected chi connectivity index (χ3v) is 4.56. The van der Waals surface area contributed by atoms with Crippen molar-refractivity contribution >= 4 is 28.8 Å². The fourth-order valence-electron chi connectivity index (χ4n) is 2.98. The molecule has 0 amide bonds. The Hall–Kier alpha value is -3.58. The SMILES string of the molecule is O=C(c1ccccc1)[C@@H](c1ccccc1)c1cc(Cl)c([N+](=O)[O-])cc1[N+](=O)[O-]. The maximum atomic E-state index is 13.3. The van der Waals surface area contributed by atoms with Gasteiger partial charge in [0.2, 0.25) is 0 Å². The third-order valence-electron chi connectivity index (χ3n) is 4.25. The minimum atomic E-state index is -1.04. The van der Waals surface area contributed by atoms with Crippen molar-refractivity contribution in [3.8, 4) is 0 Å². The normalized spacial score (nSPS) is 11.6. The number of nitro groups is 2. The highest BCUT2D eigenvalue weighted by Gasteiger charge is 2.33. The molecule has 7 nitrogen and oxygen atoms in total. The van der Waals surface area contributed by atoms with Crippen LogP contribution in [0.2, 0.25) is 5.02 Å². The number of hydrogen-bond donors (Lipinski definition) is 0. The molecule has 0 aliphatic rings. The Kier molecular flexibility index (Phi) is 5.47. The minimum Gasteiger partial charge on any atom is -0.293 e. The zero-order valence-electron chi connectivity index (χ0n) is 14.3. The summed E-state index contributed by atoms with van der Waals surface area (Å²) in [6, 6.07) is 18.8. The number of hydrogen-bond acceptors (Lipinski definition) is 5. The van der Waals surface area contributed by atoms with Gasteiger partial charge in [0.25, 0.3) is 11.4 Å². The molecule has 0 bridgehead atoms. The highest BCUT2D eigenvalue weighted by atomic mass is 35.5. The van der Waals surface area contributed by atoms with Crippen LogP contribution in [0.25, 0.3) is 0 Å². The Balaban J connectivity index is 2.27. The van der Waals surface area contributed by atoms with E-state index >= 15 is 0 Å². The van der Waals surface area contributed by atoms with Gasteiger partial charge < -0.3 is 0 Å². The molecule has 1 atom stereocenters. The van der Waals surface area contributed by atoms with E-state index in [2.05, 4.69) is 0 Å². The average Bonchev–Trinajstić information content (AvgIpc) is 2.69. The Morgan fingerprint density at radius 1 is 0.821 bits per heavy atom. The molecule has 0 saturated heterocycles. The zero-order valence-corrected chi connectivity index (χ0v) is 15.1. The summed E-state index contributed by atoms with van der Waals surface area (Å²) in [6.07, 6.45) is 0. The van der Waals surface area contributed by atoms with Crippen LogP contribution >= 0.6 is 11.6 Å². The molecule has 0 aliphatic carbocycles. The van der Waals surface area contributed by atoms with E-state index in [0.717, 1.165) is 12.1 Å². The number of carbonyl (C=O) groups excluding carboxylic acids is 1. The van der Waals surface area contributed by atoms with Gasteiger partial charge in [-0.05, 0) is 11.6 Å². The molecule has 0 heterocycles. The maximum Gasteiger partial charge on any atom is 0.294 e. The molecule has 0 radical (unpaired) electrons. The summed E-state index contributed by atoms with van der Waals surface area (Å²) in [6.45, 7) is 0. The van der Waals surface area contributed by atoms with E-state index in [1.165, 1.54) is 0 Å². The van der Waals surface area contributed by atoms with Crippen LogP contribution in [0.4, 0.5) is 11.4 Å². The molecule has 0 unspecified atom stereocenters. The van der Waals surface area contributed by atoms with Crippen molar-refractivity contribution < 1.29 is 14.6 Å².